The molecule has 3 aromatic carbocycles. The molecule has 0 atom stereocenters. The van der Waals surface area contributed by atoms with Crippen molar-refractivity contribution in [3.05, 3.63) is 118 Å². The van der Waals surface area contributed by atoms with Gasteiger partial charge >= 0.3 is 0 Å². The molecular formula is C30H28N4O4. The van der Waals surface area contributed by atoms with Crippen LogP contribution >= 0.6 is 0 Å². The highest BCUT2D eigenvalue weighted by atomic mass is 16.5. The minimum Gasteiger partial charge on any atom is -0.571 e. The van der Waals surface area contributed by atoms with E-state index in [-0.39, 0.29) is 29.3 Å². The van der Waals surface area contributed by atoms with Crippen molar-refractivity contribution >= 4 is 11.6 Å². The van der Waals surface area contributed by atoms with Crippen molar-refractivity contribution in [2.24, 2.45) is 0 Å². The average Bonchev–Trinajstić information content (AvgIpc) is 3.27. The number of likely N-dealkylation sites (N-methyl/N-ethyl adjacent to an activating group) is 1. The number of nitrogens with zero attached hydrogens (tertiary/aromatic N) is 4. The summed E-state index contributed by atoms with van der Waals surface area (Å²) < 4.78 is 6.91. The van der Waals surface area contributed by atoms with Gasteiger partial charge in [-0.3, -0.25) is 9.59 Å². The van der Waals surface area contributed by atoms with Gasteiger partial charge in [-0.2, -0.15) is 0 Å². The largest absolute Gasteiger partial charge is 0.571 e. The van der Waals surface area contributed by atoms with Crippen molar-refractivity contribution in [1.29, 1.82) is 0 Å². The lowest BCUT2D eigenvalue weighted by atomic mass is 9.90. The number of hydrogen-bond acceptors (Lipinski definition) is 6. The summed E-state index contributed by atoms with van der Waals surface area (Å²) in [7, 11) is 5.61. The first-order valence-corrected chi connectivity index (χ1v) is 12.3. The van der Waals surface area contributed by atoms with Crippen LogP contribution in [0.1, 0.15) is 43.2 Å². The molecule has 8 nitrogen and oxygen atoms in total. The first-order valence-electron chi connectivity index (χ1n) is 12.3. The molecule has 0 amide bonds. The van der Waals surface area contributed by atoms with Gasteiger partial charge < -0.3 is 14.8 Å². The van der Waals surface area contributed by atoms with Crippen LogP contribution in [0.15, 0.2) is 79.0 Å². The molecule has 0 unspecified atom stereocenters. The lowest BCUT2D eigenvalue weighted by molar-refractivity contribution is -0.749. The predicted octanol–water partition coefficient (Wildman–Crippen LogP) is 3.83. The number of carbonyl (C=O) groups is 2. The Morgan fingerprint density at radius 2 is 1.63 bits per heavy atom. The van der Waals surface area contributed by atoms with Crippen LogP contribution in [0.25, 0.3) is 11.1 Å². The Hall–Kier alpha value is -4.72. The summed E-state index contributed by atoms with van der Waals surface area (Å²) in [5.41, 5.74) is 5.60. The lowest BCUT2D eigenvalue weighted by Crippen LogP contribution is -2.41. The molecule has 1 heterocycles. The van der Waals surface area contributed by atoms with Crippen LogP contribution in [0.4, 0.5) is 0 Å². The molecule has 5 rings (SSSR count). The minimum atomic E-state index is -0.408. The molecule has 0 saturated heterocycles. The van der Waals surface area contributed by atoms with Crippen LogP contribution < -0.4 is 9.70 Å². The molecule has 4 aromatic rings. The second-order valence-electron chi connectivity index (χ2n) is 9.50. The maximum Gasteiger partial charge on any atom is 0.220 e. The highest BCUT2D eigenvalue weighted by molar-refractivity contribution is 6.26. The number of fused-ring (bicyclic) bond motifs is 2. The van der Waals surface area contributed by atoms with Crippen LogP contribution in [-0.4, -0.2) is 47.5 Å². The molecule has 0 fully saturated rings. The summed E-state index contributed by atoms with van der Waals surface area (Å²) in [4.78, 5) is 28.3. The zero-order valence-corrected chi connectivity index (χ0v) is 21.6. The third kappa shape index (κ3) is 4.45. The van der Waals surface area contributed by atoms with Crippen molar-refractivity contribution in [3.63, 3.8) is 0 Å². The van der Waals surface area contributed by atoms with Gasteiger partial charge in [0.15, 0.2) is 5.69 Å². The summed E-state index contributed by atoms with van der Waals surface area (Å²) in [6.45, 7) is 4.31. The van der Waals surface area contributed by atoms with Gasteiger partial charge in [0.2, 0.25) is 17.3 Å². The molecular weight excluding hydrogens is 480 g/mol. The van der Waals surface area contributed by atoms with Gasteiger partial charge in [-0.25, -0.2) is 0 Å². The van der Waals surface area contributed by atoms with E-state index in [1.807, 2.05) is 55.4 Å². The summed E-state index contributed by atoms with van der Waals surface area (Å²) in [5, 5.41) is 16.4. The molecule has 0 bridgehead atoms. The van der Waals surface area contributed by atoms with E-state index in [1.165, 1.54) is 4.68 Å². The number of benzene rings is 3. The van der Waals surface area contributed by atoms with Crippen LogP contribution in [0.5, 0.6) is 5.75 Å². The molecule has 1 aliphatic carbocycles. The van der Waals surface area contributed by atoms with Crippen molar-refractivity contribution in [2.45, 2.75) is 19.4 Å². The van der Waals surface area contributed by atoms with E-state index >= 15 is 0 Å². The van der Waals surface area contributed by atoms with Gasteiger partial charge in [0, 0.05) is 53.0 Å². The number of aryl methyl sites for hydroxylation is 1. The first-order chi connectivity index (χ1) is 18.3. The highest BCUT2D eigenvalue weighted by Gasteiger charge is 2.39. The fraction of sp³-hybridized carbons (Fsp3) is 0.200. The normalized spacial score (nSPS) is 12.2. The van der Waals surface area contributed by atoms with E-state index in [9.17, 15) is 14.8 Å². The molecule has 1 aromatic heterocycles. The standard InChI is InChI=1S/C30H28N4O4/c1-19(32(2)3)17-21-11-14-23(26(18-21)38-4)22-12-9-20(10-13-22)15-16-33-28-27(31-34(33)37)29(35)24-7-5-6-8-25(24)30(28)36/h5-14,18H,1,15-17H2,2-4H3. The third-order valence-electron chi connectivity index (χ3n) is 6.90. The Bertz CT molecular complexity index is 1570. The van der Waals surface area contributed by atoms with Gasteiger partial charge in [-0.05, 0) is 29.2 Å². The molecule has 0 saturated carbocycles. The summed E-state index contributed by atoms with van der Waals surface area (Å²) in [6, 6.07) is 20.7. The average molecular weight is 509 g/mol. The van der Waals surface area contributed by atoms with E-state index < -0.39 is 5.78 Å². The fourth-order valence-corrected chi connectivity index (χ4v) is 4.67. The summed E-state index contributed by atoms with van der Waals surface area (Å²) >= 11 is 0. The Balaban J connectivity index is 1.34. The Morgan fingerprint density at radius 3 is 2.29 bits per heavy atom. The van der Waals surface area contributed by atoms with Gasteiger partial charge in [-0.1, -0.05) is 67.2 Å². The molecule has 0 aliphatic heterocycles. The third-order valence-corrected chi connectivity index (χ3v) is 6.90. The molecule has 0 radical (unpaired) electrons. The number of aromatic nitrogens is 3. The van der Waals surface area contributed by atoms with Crippen LogP contribution in [0.3, 0.4) is 0 Å². The van der Waals surface area contributed by atoms with E-state index in [2.05, 4.69) is 17.7 Å². The molecule has 0 spiro atoms. The number of allylic oxidation sites excluding steroid dienone is 1. The second kappa shape index (κ2) is 9.97. The first kappa shape index (κ1) is 25.0. The summed E-state index contributed by atoms with van der Waals surface area (Å²) in [5.74, 6) is 0.00829. The molecule has 192 valence electrons. The second-order valence-corrected chi connectivity index (χ2v) is 9.50. The maximum atomic E-state index is 13.1. The number of methoxy groups -OCH3 is 1. The lowest BCUT2D eigenvalue weighted by Gasteiger charge is -2.17. The molecule has 38 heavy (non-hydrogen) atoms. The predicted molar refractivity (Wildman–Crippen MR) is 143 cm³/mol. The Morgan fingerprint density at radius 1 is 0.974 bits per heavy atom. The SMILES string of the molecule is C=C(Cc1ccc(-c2ccc(CCn3c4c(n[n+]3[O-])C(=O)c3ccccc3C4=O)cc2)c(OC)c1)N(C)C. The number of rotatable bonds is 8. The Labute approximate surface area is 221 Å². The fourth-order valence-electron chi connectivity index (χ4n) is 4.67. The van der Waals surface area contributed by atoms with E-state index in [1.54, 1.807) is 31.4 Å². The molecule has 8 heteroatoms. The minimum absolute atomic E-state index is 0.0436. The van der Waals surface area contributed by atoms with E-state index in [4.69, 9.17) is 4.74 Å². The molecule has 0 N–H and O–H groups in total. The zero-order valence-electron chi connectivity index (χ0n) is 21.6. The van der Waals surface area contributed by atoms with Gasteiger partial charge in [-0.15, -0.1) is 4.68 Å². The van der Waals surface area contributed by atoms with Gasteiger partial charge in [0.05, 0.1) is 13.7 Å². The monoisotopic (exact) mass is 508 g/mol. The maximum absolute atomic E-state index is 13.1. The topological polar surface area (TPSA) is 91.4 Å². The van der Waals surface area contributed by atoms with Crippen molar-refractivity contribution < 1.29 is 19.3 Å². The van der Waals surface area contributed by atoms with Crippen LogP contribution in [0, 0.1) is 5.21 Å². The van der Waals surface area contributed by atoms with E-state index in [0.29, 0.717) is 16.9 Å². The van der Waals surface area contributed by atoms with Crippen LogP contribution in [0.2, 0.25) is 0 Å². The smallest absolute Gasteiger partial charge is 0.220 e. The zero-order chi connectivity index (χ0) is 27.0. The van der Waals surface area contributed by atoms with Gasteiger partial charge in [0.25, 0.3) is 0 Å². The van der Waals surface area contributed by atoms with Crippen LogP contribution in [-0.2, 0) is 19.4 Å². The highest BCUT2D eigenvalue weighted by Crippen LogP contribution is 2.32. The Kier molecular flexibility index (Phi) is 6.55. The summed E-state index contributed by atoms with van der Waals surface area (Å²) in [6.07, 6.45) is 1.22. The van der Waals surface area contributed by atoms with Crippen molar-refractivity contribution in [1.82, 2.24) is 14.7 Å². The van der Waals surface area contributed by atoms with E-state index in [0.717, 1.165) is 40.1 Å². The van der Waals surface area contributed by atoms with Crippen molar-refractivity contribution in [2.75, 3.05) is 21.2 Å². The molecule has 1 aliphatic rings. The number of carbonyl (C=O) groups excluding carboxylic acids is 2. The quantitative estimate of drug-likeness (QED) is 0.234. The number of ketones is 2. The number of ether oxygens (including phenoxy) is 1. The van der Waals surface area contributed by atoms with Crippen molar-refractivity contribution in [3.8, 4) is 16.9 Å². The number of hydrogen-bond donors (Lipinski definition) is 0. The van der Waals surface area contributed by atoms with Gasteiger partial charge in [0.1, 0.15) is 5.75 Å².